The van der Waals surface area contributed by atoms with Crippen LogP contribution in [0.15, 0.2) is 72.9 Å². The maximum Gasteiger partial charge on any atom is 0.332 e. The van der Waals surface area contributed by atoms with Crippen molar-refractivity contribution in [2.24, 2.45) is 0 Å². The number of benzene rings is 2. The fraction of sp³-hybridized carbons (Fsp3) is 0.241. The number of nitrogens with zero attached hydrogens (tertiary/aromatic N) is 5. The largest absolute Gasteiger partial charge is 0.378 e. The molecular formula is C29H29N7O4S. The molecule has 1 fully saturated rings. The summed E-state index contributed by atoms with van der Waals surface area (Å²) in [7, 11) is -3.67. The second kappa shape index (κ2) is 11.1. The summed E-state index contributed by atoms with van der Waals surface area (Å²) in [4.78, 5) is 24.2. The van der Waals surface area contributed by atoms with Gasteiger partial charge in [0.15, 0.2) is 5.65 Å². The number of urea groups is 1. The molecule has 3 aromatic heterocycles. The van der Waals surface area contributed by atoms with Crippen LogP contribution in [0.5, 0.6) is 0 Å². The van der Waals surface area contributed by atoms with Crippen LogP contribution in [-0.2, 0) is 27.6 Å². The number of carbonyl (C=O) groups is 1. The molecule has 210 valence electrons. The van der Waals surface area contributed by atoms with Crippen molar-refractivity contribution in [1.82, 2.24) is 24.3 Å². The third-order valence-corrected chi connectivity index (χ3v) is 7.45. The van der Waals surface area contributed by atoms with Crippen molar-refractivity contribution in [3.05, 3.63) is 84.3 Å². The molecule has 0 radical (unpaired) electrons. The first-order valence-corrected chi connectivity index (χ1v) is 15.2. The number of hydrogen-bond donors (Lipinski definition) is 2. The number of morpholine rings is 1. The highest BCUT2D eigenvalue weighted by atomic mass is 32.2. The van der Waals surface area contributed by atoms with Crippen molar-refractivity contribution in [3.8, 4) is 11.3 Å². The molecule has 0 spiro atoms. The van der Waals surface area contributed by atoms with E-state index in [0.717, 1.165) is 64.2 Å². The van der Waals surface area contributed by atoms with Gasteiger partial charge in [-0.2, -0.15) is 5.10 Å². The molecule has 0 unspecified atom stereocenters. The molecule has 1 aliphatic rings. The van der Waals surface area contributed by atoms with Crippen molar-refractivity contribution < 1.29 is 17.9 Å². The number of rotatable bonds is 7. The number of amides is 2. The molecule has 0 saturated carbocycles. The molecule has 41 heavy (non-hydrogen) atoms. The van der Waals surface area contributed by atoms with Gasteiger partial charge in [-0.3, -0.25) is 4.98 Å². The number of pyridine rings is 1. The molecule has 2 amide bonds. The Balaban J connectivity index is 1.35. The quantitative estimate of drug-likeness (QED) is 0.303. The lowest BCUT2D eigenvalue weighted by molar-refractivity contribution is 0.123. The summed E-state index contributed by atoms with van der Waals surface area (Å²) in [5, 5.41) is 8.32. The van der Waals surface area contributed by atoms with Crippen LogP contribution in [0.4, 0.5) is 16.2 Å². The van der Waals surface area contributed by atoms with E-state index in [2.05, 4.69) is 33.5 Å². The van der Waals surface area contributed by atoms with Gasteiger partial charge < -0.3 is 15.0 Å². The Morgan fingerprint density at radius 3 is 2.51 bits per heavy atom. The standard InChI is InChI=1S/C29H29N7O4S/c1-41(38,39)34-29(37)32-23-10-7-21(8-11-23)27-25(13-12-22-9-6-20-4-2-3-5-24(20)31-22)33-28-26(14-15-30-36(27)28)35-16-18-40-19-17-35/h2-11,14-15H,12-13,16-19H2,1H3,(H2,32,34,37). The average Bonchev–Trinajstić information content (AvgIpc) is 3.34. The van der Waals surface area contributed by atoms with Gasteiger partial charge in [0.05, 0.1) is 48.3 Å². The van der Waals surface area contributed by atoms with E-state index in [1.165, 1.54) is 0 Å². The van der Waals surface area contributed by atoms with E-state index in [1.807, 2.05) is 45.6 Å². The van der Waals surface area contributed by atoms with Gasteiger partial charge in [-0.15, -0.1) is 0 Å². The van der Waals surface area contributed by atoms with Gasteiger partial charge in [0.2, 0.25) is 10.0 Å². The van der Waals surface area contributed by atoms with Gasteiger partial charge in [-0.25, -0.2) is 27.4 Å². The first-order chi connectivity index (χ1) is 19.8. The van der Waals surface area contributed by atoms with Gasteiger partial charge in [0.25, 0.3) is 0 Å². The third-order valence-electron chi connectivity index (χ3n) is 6.89. The maximum absolute atomic E-state index is 12.0. The van der Waals surface area contributed by atoms with Crippen molar-refractivity contribution in [1.29, 1.82) is 0 Å². The fourth-order valence-corrected chi connectivity index (χ4v) is 5.41. The minimum Gasteiger partial charge on any atom is -0.378 e. The van der Waals surface area contributed by atoms with Crippen LogP contribution in [-0.4, -0.2) is 66.6 Å². The van der Waals surface area contributed by atoms with E-state index in [1.54, 1.807) is 18.3 Å². The van der Waals surface area contributed by atoms with Crippen molar-refractivity contribution in [2.45, 2.75) is 12.8 Å². The highest BCUT2D eigenvalue weighted by Gasteiger charge is 2.21. The van der Waals surface area contributed by atoms with Crippen molar-refractivity contribution >= 4 is 44.0 Å². The molecule has 1 aliphatic heterocycles. The second-order valence-electron chi connectivity index (χ2n) is 9.86. The summed E-state index contributed by atoms with van der Waals surface area (Å²) < 4.78 is 32.1. The number of nitrogens with one attached hydrogen (secondary N) is 2. The monoisotopic (exact) mass is 571 g/mol. The Morgan fingerprint density at radius 2 is 1.73 bits per heavy atom. The highest BCUT2D eigenvalue weighted by molar-refractivity contribution is 7.89. The first kappa shape index (κ1) is 26.7. The number of para-hydroxylation sites is 1. The van der Waals surface area contributed by atoms with Gasteiger partial charge in [-0.1, -0.05) is 36.4 Å². The zero-order valence-electron chi connectivity index (χ0n) is 22.4. The average molecular weight is 572 g/mol. The molecule has 4 heterocycles. The van der Waals surface area contributed by atoms with Crippen molar-refractivity contribution in [2.75, 3.05) is 42.8 Å². The van der Waals surface area contributed by atoms with Crippen LogP contribution >= 0.6 is 0 Å². The minimum atomic E-state index is -3.67. The Kier molecular flexibility index (Phi) is 7.25. The normalized spacial score (nSPS) is 13.9. The molecular weight excluding hydrogens is 542 g/mol. The van der Waals surface area contributed by atoms with Crippen LogP contribution in [0.25, 0.3) is 27.8 Å². The predicted octanol–water partition coefficient (Wildman–Crippen LogP) is 3.65. The lowest BCUT2D eigenvalue weighted by Gasteiger charge is -2.28. The van der Waals surface area contributed by atoms with Crippen LogP contribution < -0.4 is 14.9 Å². The lowest BCUT2D eigenvalue weighted by atomic mass is 10.1. The van der Waals surface area contributed by atoms with E-state index in [4.69, 9.17) is 14.7 Å². The van der Waals surface area contributed by atoms with Gasteiger partial charge in [-0.05, 0) is 43.2 Å². The summed E-state index contributed by atoms with van der Waals surface area (Å²) in [6.45, 7) is 2.86. The fourth-order valence-electron chi connectivity index (χ4n) is 5.02. The number of imidazole rings is 1. The smallest absolute Gasteiger partial charge is 0.332 e. The molecule has 0 aliphatic carbocycles. The Bertz CT molecular complexity index is 1830. The molecule has 5 aromatic rings. The molecule has 6 rings (SSSR count). The zero-order chi connectivity index (χ0) is 28.4. The van der Waals surface area contributed by atoms with Gasteiger partial charge in [0.1, 0.15) is 0 Å². The van der Waals surface area contributed by atoms with Crippen LogP contribution in [0.2, 0.25) is 0 Å². The third kappa shape index (κ3) is 5.98. The molecule has 0 atom stereocenters. The summed E-state index contributed by atoms with van der Waals surface area (Å²) in [6.07, 6.45) is 4.04. The van der Waals surface area contributed by atoms with Gasteiger partial charge in [0, 0.05) is 35.4 Å². The molecule has 0 bridgehead atoms. The SMILES string of the molecule is CS(=O)(=O)NC(=O)Nc1ccc(-c2c(CCc3ccc4ccccc4n3)nc3c(N4CCOCC4)ccnn23)cc1. The lowest BCUT2D eigenvalue weighted by Crippen LogP contribution is -2.36. The molecule has 11 nitrogen and oxygen atoms in total. The maximum atomic E-state index is 12.0. The van der Waals surface area contributed by atoms with E-state index in [9.17, 15) is 13.2 Å². The second-order valence-corrected chi connectivity index (χ2v) is 11.6. The molecule has 12 heteroatoms. The summed E-state index contributed by atoms with van der Waals surface area (Å²) >= 11 is 0. The first-order valence-electron chi connectivity index (χ1n) is 13.3. The Hall–Kier alpha value is -4.55. The Labute approximate surface area is 237 Å². The van der Waals surface area contributed by atoms with Crippen molar-refractivity contribution in [3.63, 3.8) is 0 Å². The van der Waals surface area contributed by atoms with E-state index < -0.39 is 16.1 Å². The summed E-state index contributed by atoms with van der Waals surface area (Å²) in [5.41, 5.74) is 6.74. The van der Waals surface area contributed by atoms with E-state index in [0.29, 0.717) is 31.7 Å². The van der Waals surface area contributed by atoms with E-state index >= 15 is 0 Å². The Morgan fingerprint density at radius 1 is 0.951 bits per heavy atom. The number of ether oxygens (including phenoxy) is 1. The van der Waals surface area contributed by atoms with Crippen LogP contribution in [0.3, 0.4) is 0 Å². The topological polar surface area (TPSA) is 131 Å². The number of aromatic nitrogens is 4. The number of hydrogen-bond acceptors (Lipinski definition) is 8. The number of aryl methyl sites for hydroxylation is 2. The predicted molar refractivity (Wildman–Crippen MR) is 158 cm³/mol. The molecule has 1 saturated heterocycles. The summed E-state index contributed by atoms with van der Waals surface area (Å²) in [5.74, 6) is 0. The van der Waals surface area contributed by atoms with Crippen LogP contribution in [0.1, 0.15) is 11.4 Å². The number of carbonyl (C=O) groups excluding carboxylic acids is 1. The number of anilines is 2. The summed E-state index contributed by atoms with van der Waals surface area (Å²) in [6, 6.07) is 20.5. The molecule has 2 N–H and O–H groups in total. The zero-order valence-corrected chi connectivity index (χ0v) is 23.3. The van der Waals surface area contributed by atoms with Gasteiger partial charge >= 0.3 is 6.03 Å². The van der Waals surface area contributed by atoms with E-state index in [-0.39, 0.29) is 0 Å². The minimum absolute atomic E-state index is 0.451. The number of sulfonamides is 1. The highest BCUT2D eigenvalue weighted by Crippen LogP contribution is 2.31. The van der Waals surface area contributed by atoms with Crippen LogP contribution in [0, 0.1) is 0 Å². The molecule has 2 aromatic carbocycles. The number of fused-ring (bicyclic) bond motifs is 2.